The van der Waals surface area contributed by atoms with Gasteiger partial charge in [-0.05, 0) is 76.1 Å². The van der Waals surface area contributed by atoms with Crippen LogP contribution in [0.3, 0.4) is 0 Å². The number of carbonyl (C=O) groups is 2. The fourth-order valence-corrected chi connectivity index (χ4v) is 5.62. The van der Waals surface area contributed by atoms with Gasteiger partial charge in [-0.25, -0.2) is 18.7 Å². The van der Waals surface area contributed by atoms with Crippen molar-refractivity contribution in [3.63, 3.8) is 0 Å². The van der Waals surface area contributed by atoms with Gasteiger partial charge in [-0.1, -0.05) is 12.1 Å². The molecule has 0 N–H and O–H groups in total. The predicted molar refractivity (Wildman–Crippen MR) is 134 cm³/mol. The Bertz CT molecular complexity index is 1360. The second-order valence-corrected chi connectivity index (χ2v) is 11.0. The minimum atomic E-state index is -0.702. The van der Waals surface area contributed by atoms with Gasteiger partial charge in [0.1, 0.15) is 11.4 Å². The quantitative estimate of drug-likeness (QED) is 0.471. The fourth-order valence-electron chi connectivity index (χ4n) is 5.62. The molecule has 2 fully saturated rings. The van der Waals surface area contributed by atoms with Crippen LogP contribution in [0.25, 0.3) is 16.9 Å². The SMILES string of the molecule is CC(C)(C)OC(=O)N1[C@@H]2CC[C@@H](C2)[C@H]1C(=O)C[C@H](C#N)Cc1ccc(-c2cn3ncccc3n2)cc1F. The molecule has 1 amide bonds. The van der Waals surface area contributed by atoms with Crippen molar-refractivity contribution in [1.82, 2.24) is 19.5 Å². The molecule has 1 aliphatic carbocycles. The highest BCUT2D eigenvalue weighted by atomic mass is 19.1. The van der Waals surface area contributed by atoms with E-state index in [2.05, 4.69) is 16.2 Å². The molecule has 0 unspecified atom stereocenters. The van der Waals surface area contributed by atoms with Crippen LogP contribution in [-0.2, 0) is 16.0 Å². The largest absolute Gasteiger partial charge is 0.444 e. The highest BCUT2D eigenvalue weighted by molar-refractivity contribution is 5.89. The van der Waals surface area contributed by atoms with Crippen molar-refractivity contribution in [3.8, 4) is 17.3 Å². The van der Waals surface area contributed by atoms with Crippen molar-refractivity contribution >= 4 is 17.5 Å². The topological polar surface area (TPSA) is 101 Å². The van der Waals surface area contributed by atoms with Gasteiger partial charge >= 0.3 is 6.09 Å². The molecule has 37 heavy (non-hydrogen) atoms. The lowest BCUT2D eigenvalue weighted by atomic mass is 9.87. The summed E-state index contributed by atoms with van der Waals surface area (Å²) in [5, 5.41) is 14.0. The first kappa shape index (κ1) is 24.9. The molecule has 2 bridgehead atoms. The van der Waals surface area contributed by atoms with E-state index in [0.717, 1.165) is 19.3 Å². The number of likely N-dealkylation sites (tertiary alicyclic amines) is 1. The maximum Gasteiger partial charge on any atom is 0.411 e. The Morgan fingerprint density at radius 1 is 1.27 bits per heavy atom. The van der Waals surface area contributed by atoms with Crippen molar-refractivity contribution in [3.05, 3.63) is 54.1 Å². The van der Waals surface area contributed by atoms with E-state index in [1.807, 2.05) is 6.07 Å². The number of nitriles is 1. The molecule has 5 rings (SSSR count). The number of nitrogens with zero attached hydrogens (tertiary/aromatic N) is 5. The highest BCUT2D eigenvalue weighted by Gasteiger charge is 2.52. The molecule has 1 saturated carbocycles. The van der Waals surface area contributed by atoms with Crippen LogP contribution in [-0.4, -0.2) is 49.1 Å². The molecule has 3 aromatic rings. The molecule has 1 saturated heterocycles. The van der Waals surface area contributed by atoms with E-state index < -0.39 is 29.5 Å². The number of piperidine rings is 1. The lowest BCUT2D eigenvalue weighted by Crippen LogP contribution is -2.51. The number of rotatable bonds is 6. The molecule has 2 aromatic heterocycles. The van der Waals surface area contributed by atoms with Crippen molar-refractivity contribution in [1.29, 1.82) is 5.26 Å². The summed E-state index contributed by atoms with van der Waals surface area (Å²) in [5.41, 5.74) is 1.56. The van der Waals surface area contributed by atoms with Crippen LogP contribution < -0.4 is 0 Å². The Morgan fingerprint density at radius 2 is 2.08 bits per heavy atom. The minimum Gasteiger partial charge on any atom is -0.444 e. The van der Waals surface area contributed by atoms with E-state index in [4.69, 9.17) is 4.74 Å². The molecule has 9 heteroatoms. The predicted octanol–water partition coefficient (Wildman–Crippen LogP) is 4.96. The third-order valence-electron chi connectivity index (χ3n) is 7.20. The second-order valence-electron chi connectivity index (χ2n) is 11.0. The summed E-state index contributed by atoms with van der Waals surface area (Å²) in [7, 11) is 0. The highest BCUT2D eigenvalue weighted by Crippen LogP contribution is 2.44. The second kappa shape index (κ2) is 9.58. The summed E-state index contributed by atoms with van der Waals surface area (Å²) in [5.74, 6) is -1.23. The molecule has 192 valence electrons. The number of ketones is 1. The molecule has 0 spiro atoms. The van der Waals surface area contributed by atoms with Crippen LogP contribution >= 0.6 is 0 Å². The Labute approximate surface area is 215 Å². The van der Waals surface area contributed by atoms with Crippen LogP contribution in [0.5, 0.6) is 0 Å². The molecule has 0 radical (unpaired) electrons. The zero-order valence-corrected chi connectivity index (χ0v) is 21.2. The van der Waals surface area contributed by atoms with Gasteiger partial charge in [0.2, 0.25) is 0 Å². The van der Waals surface area contributed by atoms with Gasteiger partial charge in [0, 0.05) is 24.2 Å². The summed E-state index contributed by atoms with van der Waals surface area (Å²) in [4.78, 5) is 32.3. The first-order chi connectivity index (χ1) is 17.6. The lowest BCUT2D eigenvalue weighted by molar-refractivity contribution is -0.126. The van der Waals surface area contributed by atoms with E-state index in [1.54, 1.807) is 60.8 Å². The Kier molecular flexibility index (Phi) is 6.44. The number of hydrogen-bond acceptors (Lipinski definition) is 6. The number of ether oxygens (including phenoxy) is 1. The summed E-state index contributed by atoms with van der Waals surface area (Å²) in [6, 6.07) is 9.98. The van der Waals surface area contributed by atoms with E-state index in [1.165, 1.54) is 6.07 Å². The van der Waals surface area contributed by atoms with Crippen molar-refractivity contribution < 1.29 is 18.7 Å². The van der Waals surface area contributed by atoms with Gasteiger partial charge in [0.05, 0.1) is 29.9 Å². The number of Topliss-reactive ketones (excluding diaryl/α,β-unsaturated/α-hetero) is 1. The normalized spacial score (nSPS) is 21.7. The number of fused-ring (bicyclic) bond motifs is 3. The molecule has 2 aliphatic rings. The zero-order chi connectivity index (χ0) is 26.3. The number of benzene rings is 1. The van der Waals surface area contributed by atoms with E-state index in [-0.39, 0.29) is 30.6 Å². The Morgan fingerprint density at radius 3 is 2.78 bits per heavy atom. The smallest absolute Gasteiger partial charge is 0.411 e. The minimum absolute atomic E-state index is 0.00543. The molecular formula is C28H30FN5O3. The number of halogens is 1. The first-order valence-corrected chi connectivity index (χ1v) is 12.7. The maximum absolute atomic E-state index is 15.1. The van der Waals surface area contributed by atoms with E-state index in [0.29, 0.717) is 22.5 Å². The summed E-state index contributed by atoms with van der Waals surface area (Å²) >= 11 is 0. The van der Waals surface area contributed by atoms with Gasteiger partial charge in [0.15, 0.2) is 11.4 Å². The van der Waals surface area contributed by atoms with Crippen LogP contribution in [0.2, 0.25) is 0 Å². The monoisotopic (exact) mass is 503 g/mol. The first-order valence-electron chi connectivity index (χ1n) is 12.7. The Hall–Kier alpha value is -3.80. The third-order valence-corrected chi connectivity index (χ3v) is 7.20. The van der Waals surface area contributed by atoms with Gasteiger partial charge < -0.3 is 4.74 Å². The number of amides is 1. The van der Waals surface area contributed by atoms with Crippen LogP contribution in [0.15, 0.2) is 42.7 Å². The standard InChI is InChI=1S/C28H30FN5O3/c1-28(2,3)37-27(36)34-21-9-8-20(13-21)26(34)24(35)12-17(15-30)11-18-6-7-19(14-22(18)29)23-16-33-25(32-23)5-4-10-31-33/h4-7,10,14,16-17,20-21,26H,8-9,11-13H2,1-3H3/t17-,20+,21-,26+/m1/s1. The molecular weight excluding hydrogens is 473 g/mol. The van der Waals surface area contributed by atoms with E-state index in [9.17, 15) is 14.9 Å². The number of aromatic nitrogens is 3. The molecule has 1 aliphatic heterocycles. The van der Waals surface area contributed by atoms with Crippen molar-refractivity contribution in [2.75, 3.05) is 0 Å². The average Bonchev–Trinajstić information content (AvgIpc) is 3.57. The summed E-state index contributed by atoms with van der Waals surface area (Å²) in [6.45, 7) is 5.40. The maximum atomic E-state index is 15.1. The van der Waals surface area contributed by atoms with Crippen molar-refractivity contribution in [2.24, 2.45) is 11.8 Å². The molecule has 8 nitrogen and oxygen atoms in total. The van der Waals surface area contributed by atoms with Gasteiger partial charge in [-0.2, -0.15) is 10.4 Å². The van der Waals surface area contributed by atoms with Crippen LogP contribution in [0, 0.1) is 29.0 Å². The fraction of sp³-hybridized carbons (Fsp3) is 0.464. The Balaban J connectivity index is 1.28. The lowest BCUT2D eigenvalue weighted by Gasteiger charge is -2.35. The van der Waals surface area contributed by atoms with Crippen LogP contribution in [0.4, 0.5) is 9.18 Å². The summed E-state index contributed by atoms with van der Waals surface area (Å²) < 4.78 is 22.3. The number of hydrogen-bond donors (Lipinski definition) is 0. The van der Waals surface area contributed by atoms with Crippen LogP contribution in [0.1, 0.15) is 52.0 Å². The van der Waals surface area contributed by atoms with Gasteiger partial charge in [0.25, 0.3) is 0 Å². The average molecular weight is 504 g/mol. The summed E-state index contributed by atoms with van der Waals surface area (Å²) in [6.07, 6.45) is 5.48. The number of carbonyl (C=O) groups excluding carboxylic acids is 2. The third kappa shape index (κ3) is 5.06. The van der Waals surface area contributed by atoms with Crippen molar-refractivity contribution in [2.45, 2.75) is 70.6 Å². The van der Waals surface area contributed by atoms with Gasteiger partial charge in [-0.15, -0.1) is 0 Å². The van der Waals surface area contributed by atoms with E-state index >= 15 is 4.39 Å². The molecule has 4 atom stereocenters. The zero-order valence-electron chi connectivity index (χ0n) is 21.2. The molecule has 3 heterocycles. The van der Waals surface area contributed by atoms with Gasteiger partial charge in [-0.3, -0.25) is 9.69 Å². The number of imidazole rings is 1. The molecule has 1 aromatic carbocycles.